The summed E-state index contributed by atoms with van der Waals surface area (Å²) in [5, 5.41) is 3.02. The van der Waals surface area contributed by atoms with Crippen LogP contribution in [0.1, 0.15) is 20.8 Å². The Bertz CT molecular complexity index is 176. The van der Waals surface area contributed by atoms with E-state index in [-0.39, 0.29) is 17.2 Å². The van der Waals surface area contributed by atoms with Gasteiger partial charge in [0.05, 0.1) is 6.04 Å². The second kappa shape index (κ2) is 2.11. The fourth-order valence-electron chi connectivity index (χ4n) is 1.08. The molecule has 1 atom stereocenters. The highest BCUT2D eigenvalue weighted by Crippen LogP contribution is 2.22. The largest absolute Gasteiger partial charge is 0.380 e. The summed E-state index contributed by atoms with van der Waals surface area (Å²) in [6.45, 7) is 6.15. The van der Waals surface area contributed by atoms with Crippen LogP contribution < -0.4 is 5.32 Å². The third-order valence-corrected chi connectivity index (χ3v) is 1.66. The summed E-state index contributed by atoms with van der Waals surface area (Å²) in [6.07, 6.45) is 3.31. The third kappa shape index (κ3) is 1.20. The lowest BCUT2D eigenvalue weighted by atomic mass is 9.85. The summed E-state index contributed by atoms with van der Waals surface area (Å²) in [5.74, 6) is 0.188. The van der Waals surface area contributed by atoms with Gasteiger partial charge in [-0.15, -0.1) is 0 Å². The van der Waals surface area contributed by atoms with Crippen molar-refractivity contribution in [3.8, 4) is 0 Å². The number of rotatable bonds is 0. The molecule has 0 fully saturated rings. The van der Waals surface area contributed by atoms with Crippen LogP contribution in [0.4, 0.5) is 0 Å². The van der Waals surface area contributed by atoms with Crippen LogP contribution in [0.5, 0.6) is 0 Å². The van der Waals surface area contributed by atoms with E-state index in [1.165, 1.54) is 0 Å². The SMILES string of the molecule is CC(C)(C)C1NC=CC1=O. The maximum atomic E-state index is 11.1. The molecule has 0 bridgehead atoms. The Kier molecular flexibility index (Phi) is 1.55. The normalized spacial score (nSPS) is 25.1. The monoisotopic (exact) mass is 139 g/mol. The molecule has 0 amide bonds. The Balaban J connectivity index is 2.69. The van der Waals surface area contributed by atoms with Crippen molar-refractivity contribution in [2.45, 2.75) is 26.8 Å². The average molecular weight is 139 g/mol. The van der Waals surface area contributed by atoms with Crippen LogP contribution >= 0.6 is 0 Å². The minimum absolute atomic E-state index is 0.0208. The van der Waals surface area contributed by atoms with Gasteiger partial charge in [-0.1, -0.05) is 20.8 Å². The number of nitrogens with one attached hydrogen (secondary N) is 1. The maximum Gasteiger partial charge on any atom is 0.179 e. The van der Waals surface area contributed by atoms with Gasteiger partial charge in [-0.25, -0.2) is 0 Å². The minimum Gasteiger partial charge on any atom is -0.380 e. The van der Waals surface area contributed by atoms with E-state index in [1.807, 2.05) is 0 Å². The van der Waals surface area contributed by atoms with Gasteiger partial charge >= 0.3 is 0 Å². The van der Waals surface area contributed by atoms with Gasteiger partial charge in [-0.3, -0.25) is 4.79 Å². The smallest absolute Gasteiger partial charge is 0.179 e. The molecule has 0 aromatic heterocycles. The highest BCUT2D eigenvalue weighted by atomic mass is 16.1. The first-order valence-corrected chi connectivity index (χ1v) is 3.48. The molecule has 0 saturated carbocycles. The first kappa shape index (κ1) is 7.32. The van der Waals surface area contributed by atoms with E-state index < -0.39 is 0 Å². The molecule has 56 valence electrons. The van der Waals surface area contributed by atoms with Crippen molar-refractivity contribution in [1.29, 1.82) is 0 Å². The Morgan fingerprint density at radius 3 is 2.30 bits per heavy atom. The zero-order valence-electron chi connectivity index (χ0n) is 6.64. The van der Waals surface area contributed by atoms with Crippen molar-refractivity contribution in [2.75, 3.05) is 0 Å². The van der Waals surface area contributed by atoms with Crippen LogP contribution in [0.15, 0.2) is 12.3 Å². The number of hydrogen-bond acceptors (Lipinski definition) is 2. The van der Waals surface area contributed by atoms with Gasteiger partial charge in [0.15, 0.2) is 5.78 Å². The van der Waals surface area contributed by atoms with Gasteiger partial charge in [0.2, 0.25) is 0 Å². The van der Waals surface area contributed by atoms with E-state index in [1.54, 1.807) is 12.3 Å². The molecule has 1 aliphatic rings. The van der Waals surface area contributed by atoms with E-state index in [4.69, 9.17) is 0 Å². The van der Waals surface area contributed by atoms with Crippen LogP contribution in [-0.2, 0) is 4.79 Å². The number of hydrogen-bond donors (Lipinski definition) is 1. The lowest BCUT2D eigenvalue weighted by Crippen LogP contribution is -2.39. The predicted octanol–water partition coefficient (Wildman–Crippen LogP) is 1.09. The zero-order chi connectivity index (χ0) is 7.78. The van der Waals surface area contributed by atoms with Crippen molar-refractivity contribution < 1.29 is 4.79 Å². The molecule has 0 radical (unpaired) electrons. The molecule has 2 heteroatoms. The van der Waals surface area contributed by atoms with E-state index in [9.17, 15) is 4.79 Å². The molecule has 1 unspecified atom stereocenters. The molecule has 1 heterocycles. The van der Waals surface area contributed by atoms with Crippen LogP contribution in [0.25, 0.3) is 0 Å². The van der Waals surface area contributed by atoms with Crippen molar-refractivity contribution in [2.24, 2.45) is 5.41 Å². The van der Waals surface area contributed by atoms with Gasteiger partial charge < -0.3 is 5.32 Å². The molecule has 0 saturated heterocycles. The van der Waals surface area contributed by atoms with E-state index >= 15 is 0 Å². The molecule has 0 aromatic carbocycles. The van der Waals surface area contributed by atoms with E-state index in [0.717, 1.165) is 0 Å². The molecule has 1 rings (SSSR count). The summed E-state index contributed by atoms with van der Waals surface area (Å²) >= 11 is 0. The fourth-order valence-corrected chi connectivity index (χ4v) is 1.08. The van der Waals surface area contributed by atoms with Crippen molar-refractivity contribution in [3.05, 3.63) is 12.3 Å². The molecular weight excluding hydrogens is 126 g/mol. The van der Waals surface area contributed by atoms with Gasteiger partial charge in [0, 0.05) is 6.20 Å². The van der Waals surface area contributed by atoms with E-state index in [0.29, 0.717) is 0 Å². The van der Waals surface area contributed by atoms with Crippen LogP contribution in [0.2, 0.25) is 0 Å². The number of carbonyl (C=O) groups is 1. The molecule has 10 heavy (non-hydrogen) atoms. The predicted molar refractivity (Wildman–Crippen MR) is 40.5 cm³/mol. The summed E-state index contributed by atoms with van der Waals surface area (Å²) in [4.78, 5) is 11.1. The maximum absolute atomic E-state index is 11.1. The van der Waals surface area contributed by atoms with Gasteiger partial charge in [0.25, 0.3) is 0 Å². The second-order valence-electron chi connectivity index (χ2n) is 3.70. The standard InChI is InChI=1S/C8H13NO/c1-8(2,3)7-6(10)4-5-9-7/h4-5,7,9H,1-3H3. The Labute approximate surface area is 61.3 Å². The summed E-state index contributed by atoms with van der Waals surface area (Å²) in [6, 6.07) is -0.0208. The van der Waals surface area contributed by atoms with Crippen LogP contribution in [0.3, 0.4) is 0 Å². The van der Waals surface area contributed by atoms with Crippen molar-refractivity contribution in [3.63, 3.8) is 0 Å². The number of ketones is 1. The third-order valence-electron chi connectivity index (χ3n) is 1.66. The molecule has 1 aliphatic heterocycles. The molecule has 1 N–H and O–H groups in total. The Morgan fingerprint density at radius 2 is 2.10 bits per heavy atom. The molecule has 0 spiro atoms. The molecule has 0 aliphatic carbocycles. The first-order chi connectivity index (χ1) is 4.52. The van der Waals surface area contributed by atoms with Gasteiger partial charge in [-0.05, 0) is 11.5 Å². The quantitative estimate of drug-likeness (QED) is 0.544. The van der Waals surface area contributed by atoms with E-state index in [2.05, 4.69) is 26.1 Å². The molecule has 2 nitrogen and oxygen atoms in total. The van der Waals surface area contributed by atoms with Crippen LogP contribution in [0, 0.1) is 5.41 Å². The number of carbonyl (C=O) groups excluding carboxylic acids is 1. The average Bonchev–Trinajstić information content (AvgIpc) is 2.11. The Morgan fingerprint density at radius 1 is 1.50 bits per heavy atom. The highest BCUT2D eigenvalue weighted by molar-refractivity contribution is 5.96. The summed E-state index contributed by atoms with van der Waals surface area (Å²) in [7, 11) is 0. The zero-order valence-corrected chi connectivity index (χ0v) is 6.64. The first-order valence-electron chi connectivity index (χ1n) is 3.48. The van der Waals surface area contributed by atoms with Crippen LogP contribution in [-0.4, -0.2) is 11.8 Å². The van der Waals surface area contributed by atoms with Gasteiger partial charge in [-0.2, -0.15) is 0 Å². The second-order valence-corrected chi connectivity index (χ2v) is 3.70. The van der Waals surface area contributed by atoms with Gasteiger partial charge in [0.1, 0.15) is 0 Å². The fraction of sp³-hybridized carbons (Fsp3) is 0.625. The summed E-state index contributed by atoms with van der Waals surface area (Å²) < 4.78 is 0. The Hall–Kier alpha value is -0.790. The molecular formula is C8H13NO. The lowest BCUT2D eigenvalue weighted by Gasteiger charge is -2.25. The van der Waals surface area contributed by atoms with Crippen molar-refractivity contribution >= 4 is 5.78 Å². The molecule has 0 aromatic rings. The van der Waals surface area contributed by atoms with Crippen molar-refractivity contribution in [1.82, 2.24) is 5.32 Å². The summed E-state index contributed by atoms with van der Waals surface area (Å²) in [5.41, 5.74) is 0.0284. The minimum atomic E-state index is -0.0208. The lowest BCUT2D eigenvalue weighted by molar-refractivity contribution is -0.117. The topological polar surface area (TPSA) is 29.1 Å². The highest BCUT2D eigenvalue weighted by Gasteiger charge is 2.31.